The Labute approximate surface area is 107 Å². The summed E-state index contributed by atoms with van der Waals surface area (Å²) in [5, 5.41) is 2.89. The highest BCUT2D eigenvalue weighted by Crippen LogP contribution is 2.18. The van der Waals surface area contributed by atoms with E-state index in [-0.39, 0.29) is 18.4 Å². The number of hydrogen-bond acceptors (Lipinski definition) is 2. The Balaban J connectivity index is 1.91. The van der Waals surface area contributed by atoms with Crippen molar-refractivity contribution >= 4 is 11.8 Å². The zero-order valence-electron chi connectivity index (χ0n) is 10.6. The van der Waals surface area contributed by atoms with Crippen LogP contribution in [0.25, 0.3) is 0 Å². The molecule has 2 rings (SSSR count). The molecule has 0 unspecified atom stereocenters. The summed E-state index contributed by atoms with van der Waals surface area (Å²) in [6.07, 6.45) is 2.12. The van der Waals surface area contributed by atoms with Crippen molar-refractivity contribution in [3.05, 3.63) is 35.9 Å². The summed E-state index contributed by atoms with van der Waals surface area (Å²) in [5.41, 5.74) is 1.03. The van der Waals surface area contributed by atoms with Gasteiger partial charge in [-0.3, -0.25) is 9.59 Å². The molecule has 96 valence electrons. The molecule has 1 aromatic rings. The molecule has 4 nitrogen and oxygen atoms in total. The molecule has 4 heteroatoms. The van der Waals surface area contributed by atoms with Crippen LogP contribution in [-0.4, -0.2) is 29.3 Å². The molecule has 0 atom stereocenters. The molecule has 2 amide bonds. The van der Waals surface area contributed by atoms with Gasteiger partial charge in [0.1, 0.15) is 0 Å². The van der Waals surface area contributed by atoms with Crippen LogP contribution >= 0.6 is 0 Å². The zero-order valence-corrected chi connectivity index (χ0v) is 10.6. The van der Waals surface area contributed by atoms with Gasteiger partial charge in [-0.05, 0) is 18.4 Å². The second-order valence-corrected chi connectivity index (χ2v) is 4.70. The third-order valence-corrected chi connectivity index (χ3v) is 2.94. The first kappa shape index (κ1) is 12.6. The van der Waals surface area contributed by atoms with Crippen molar-refractivity contribution in [1.82, 2.24) is 10.2 Å². The molecule has 0 saturated heterocycles. The van der Waals surface area contributed by atoms with Gasteiger partial charge in [-0.25, -0.2) is 0 Å². The molecule has 1 aromatic carbocycles. The number of amides is 2. The van der Waals surface area contributed by atoms with Crippen molar-refractivity contribution < 1.29 is 9.59 Å². The van der Waals surface area contributed by atoms with Crippen LogP contribution in [0, 0.1) is 0 Å². The van der Waals surface area contributed by atoms with Crippen molar-refractivity contribution in [3.63, 3.8) is 0 Å². The number of rotatable bonds is 5. The highest BCUT2D eigenvalue weighted by atomic mass is 16.2. The fraction of sp³-hybridized carbons (Fsp3) is 0.429. The summed E-state index contributed by atoms with van der Waals surface area (Å²) in [7, 11) is 0. The molecule has 0 heterocycles. The molecule has 0 radical (unpaired) electrons. The summed E-state index contributed by atoms with van der Waals surface area (Å²) >= 11 is 0. The van der Waals surface area contributed by atoms with Gasteiger partial charge in [0.05, 0.1) is 6.54 Å². The van der Waals surface area contributed by atoms with Gasteiger partial charge < -0.3 is 10.2 Å². The molecular weight excluding hydrogens is 228 g/mol. The van der Waals surface area contributed by atoms with Gasteiger partial charge in [-0.1, -0.05) is 30.3 Å². The van der Waals surface area contributed by atoms with E-state index in [1.54, 1.807) is 4.90 Å². The van der Waals surface area contributed by atoms with E-state index >= 15 is 0 Å². The first-order valence-electron chi connectivity index (χ1n) is 6.24. The first-order valence-corrected chi connectivity index (χ1v) is 6.24. The number of carbonyl (C=O) groups excluding carboxylic acids is 2. The second kappa shape index (κ2) is 5.67. The lowest BCUT2D eigenvalue weighted by Crippen LogP contribution is -2.40. The molecule has 0 spiro atoms. The van der Waals surface area contributed by atoms with Gasteiger partial charge >= 0.3 is 0 Å². The van der Waals surface area contributed by atoms with E-state index in [2.05, 4.69) is 5.32 Å². The topological polar surface area (TPSA) is 49.4 Å². The van der Waals surface area contributed by atoms with Gasteiger partial charge in [0.2, 0.25) is 11.8 Å². The van der Waals surface area contributed by atoms with Crippen LogP contribution < -0.4 is 5.32 Å². The van der Waals surface area contributed by atoms with E-state index in [0.29, 0.717) is 12.6 Å². The Bertz CT molecular complexity index is 427. The average molecular weight is 246 g/mol. The smallest absolute Gasteiger partial charge is 0.239 e. The van der Waals surface area contributed by atoms with Gasteiger partial charge in [-0.2, -0.15) is 0 Å². The summed E-state index contributed by atoms with van der Waals surface area (Å²) in [4.78, 5) is 24.8. The van der Waals surface area contributed by atoms with Crippen LogP contribution in [0.15, 0.2) is 30.3 Å². The van der Waals surface area contributed by atoms with Crippen LogP contribution in [0.3, 0.4) is 0 Å². The maximum Gasteiger partial charge on any atom is 0.239 e. The van der Waals surface area contributed by atoms with E-state index in [9.17, 15) is 9.59 Å². The Morgan fingerprint density at radius 2 is 1.94 bits per heavy atom. The predicted octanol–water partition coefficient (Wildman–Crippen LogP) is 1.31. The quantitative estimate of drug-likeness (QED) is 0.851. The Hall–Kier alpha value is -1.84. The summed E-state index contributed by atoms with van der Waals surface area (Å²) in [6, 6.07) is 10.0. The lowest BCUT2D eigenvalue weighted by molar-refractivity contribution is -0.135. The average Bonchev–Trinajstić information content (AvgIpc) is 3.13. The molecule has 18 heavy (non-hydrogen) atoms. The largest absolute Gasteiger partial charge is 0.352 e. The van der Waals surface area contributed by atoms with E-state index in [1.807, 2.05) is 30.3 Å². The molecular formula is C14H18N2O2. The Kier molecular flexibility index (Phi) is 3.97. The van der Waals surface area contributed by atoms with E-state index in [4.69, 9.17) is 0 Å². The van der Waals surface area contributed by atoms with Gasteiger partial charge in [0.15, 0.2) is 0 Å². The molecule has 1 aliphatic rings. The lowest BCUT2D eigenvalue weighted by atomic mass is 10.2. The van der Waals surface area contributed by atoms with Crippen molar-refractivity contribution in [2.24, 2.45) is 0 Å². The van der Waals surface area contributed by atoms with E-state index in [0.717, 1.165) is 18.4 Å². The number of carbonyl (C=O) groups is 2. The minimum Gasteiger partial charge on any atom is -0.352 e. The molecule has 1 saturated carbocycles. The number of benzene rings is 1. The van der Waals surface area contributed by atoms with Gasteiger partial charge in [-0.15, -0.1) is 0 Å². The van der Waals surface area contributed by atoms with E-state index in [1.165, 1.54) is 6.92 Å². The highest BCUT2D eigenvalue weighted by Gasteiger charge is 2.24. The van der Waals surface area contributed by atoms with Crippen LogP contribution in [0.4, 0.5) is 0 Å². The van der Waals surface area contributed by atoms with Crippen LogP contribution in [0.2, 0.25) is 0 Å². The number of nitrogens with zero attached hydrogens (tertiary/aromatic N) is 1. The van der Waals surface area contributed by atoms with Crippen LogP contribution in [-0.2, 0) is 16.1 Å². The van der Waals surface area contributed by atoms with Crippen LogP contribution in [0.1, 0.15) is 25.3 Å². The maximum absolute atomic E-state index is 11.7. The van der Waals surface area contributed by atoms with Crippen molar-refractivity contribution in [2.45, 2.75) is 32.4 Å². The standard InChI is InChI=1S/C14H18N2O2/c1-11(17)16(9-12-5-3-2-4-6-12)10-14(18)15-13-7-8-13/h2-6,13H,7-10H2,1H3,(H,15,18). The number of nitrogens with one attached hydrogen (secondary N) is 1. The minimum atomic E-state index is -0.0789. The fourth-order valence-electron chi connectivity index (χ4n) is 1.76. The van der Waals surface area contributed by atoms with Crippen molar-refractivity contribution in [2.75, 3.05) is 6.54 Å². The summed E-state index contributed by atoms with van der Waals surface area (Å²) in [6.45, 7) is 2.11. The molecule has 1 aliphatic carbocycles. The highest BCUT2D eigenvalue weighted by molar-refractivity contribution is 5.84. The monoisotopic (exact) mass is 246 g/mol. The van der Waals surface area contributed by atoms with Crippen molar-refractivity contribution in [1.29, 1.82) is 0 Å². The second-order valence-electron chi connectivity index (χ2n) is 4.70. The molecule has 0 aromatic heterocycles. The molecule has 0 aliphatic heterocycles. The normalized spacial score (nSPS) is 14.1. The predicted molar refractivity (Wildman–Crippen MR) is 68.7 cm³/mol. The maximum atomic E-state index is 11.7. The minimum absolute atomic E-state index is 0.0661. The zero-order chi connectivity index (χ0) is 13.0. The lowest BCUT2D eigenvalue weighted by Gasteiger charge is -2.20. The van der Waals surface area contributed by atoms with Crippen LogP contribution in [0.5, 0.6) is 0 Å². The SMILES string of the molecule is CC(=O)N(CC(=O)NC1CC1)Cc1ccccc1. The third kappa shape index (κ3) is 3.87. The van der Waals surface area contributed by atoms with Gasteiger partial charge in [0, 0.05) is 19.5 Å². The summed E-state index contributed by atoms with van der Waals surface area (Å²) < 4.78 is 0. The Morgan fingerprint density at radius 1 is 1.28 bits per heavy atom. The Morgan fingerprint density at radius 3 is 2.50 bits per heavy atom. The molecule has 1 N–H and O–H groups in total. The van der Waals surface area contributed by atoms with Gasteiger partial charge in [0.25, 0.3) is 0 Å². The fourth-order valence-corrected chi connectivity index (χ4v) is 1.76. The first-order chi connectivity index (χ1) is 8.65. The van der Waals surface area contributed by atoms with E-state index < -0.39 is 0 Å². The summed E-state index contributed by atoms with van der Waals surface area (Å²) in [5.74, 6) is -0.145. The molecule has 1 fully saturated rings. The number of hydrogen-bond donors (Lipinski definition) is 1. The third-order valence-electron chi connectivity index (χ3n) is 2.94. The molecule has 0 bridgehead atoms. The van der Waals surface area contributed by atoms with Crippen molar-refractivity contribution in [3.8, 4) is 0 Å².